The van der Waals surface area contributed by atoms with E-state index in [2.05, 4.69) is 10.3 Å². The molecule has 0 amide bonds. The first-order valence-electron chi connectivity index (χ1n) is 4.95. The fraction of sp³-hybridized carbons (Fsp3) is 0.0833. The summed E-state index contributed by atoms with van der Waals surface area (Å²) in [6.45, 7) is 0.320. The predicted molar refractivity (Wildman–Crippen MR) is 68.0 cm³/mol. The van der Waals surface area contributed by atoms with E-state index in [1.807, 2.05) is 0 Å². The first-order valence-corrected chi connectivity index (χ1v) is 5.71. The highest BCUT2D eigenvalue weighted by molar-refractivity contribution is 6.30. The molecule has 0 unspecified atom stereocenters. The molecular weight excluding hydrogens is 262 g/mol. The molecule has 1 aromatic heterocycles. The molecule has 0 bridgehead atoms. The standard InChI is InChI=1S/C12H9Cl2FN2/c13-9-4-5-11(17-7-9)16-6-8-2-1-3-10(14)12(8)15/h1-5,7H,6H2,(H,16,17). The molecular formula is C12H9Cl2FN2. The molecule has 0 saturated carbocycles. The molecule has 2 aromatic rings. The number of anilines is 1. The van der Waals surface area contributed by atoms with Gasteiger partial charge in [0.25, 0.3) is 0 Å². The lowest BCUT2D eigenvalue weighted by molar-refractivity contribution is 0.613. The highest BCUT2D eigenvalue weighted by Crippen LogP contribution is 2.19. The van der Waals surface area contributed by atoms with Crippen molar-refractivity contribution in [2.75, 3.05) is 5.32 Å². The van der Waals surface area contributed by atoms with E-state index in [0.29, 0.717) is 22.9 Å². The number of hydrogen-bond donors (Lipinski definition) is 1. The monoisotopic (exact) mass is 270 g/mol. The highest BCUT2D eigenvalue weighted by Gasteiger charge is 2.05. The first kappa shape index (κ1) is 12.1. The Hall–Kier alpha value is -1.32. The number of pyridine rings is 1. The van der Waals surface area contributed by atoms with E-state index in [1.54, 1.807) is 24.3 Å². The summed E-state index contributed by atoms with van der Waals surface area (Å²) in [5.74, 6) is 0.226. The molecule has 1 aromatic carbocycles. The van der Waals surface area contributed by atoms with Gasteiger partial charge in [-0.05, 0) is 18.2 Å². The van der Waals surface area contributed by atoms with Crippen LogP contribution in [0.1, 0.15) is 5.56 Å². The van der Waals surface area contributed by atoms with Gasteiger partial charge in [0.05, 0.1) is 10.0 Å². The Kier molecular flexibility index (Phi) is 3.82. The van der Waals surface area contributed by atoms with Crippen LogP contribution in [0.4, 0.5) is 10.2 Å². The zero-order valence-electron chi connectivity index (χ0n) is 8.75. The first-order chi connectivity index (χ1) is 8.16. The van der Waals surface area contributed by atoms with Gasteiger partial charge >= 0.3 is 0 Å². The van der Waals surface area contributed by atoms with Crippen molar-refractivity contribution in [3.8, 4) is 0 Å². The van der Waals surface area contributed by atoms with Gasteiger partial charge in [-0.3, -0.25) is 0 Å². The fourth-order valence-corrected chi connectivity index (χ4v) is 1.66. The molecule has 0 spiro atoms. The van der Waals surface area contributed by atoms with Crippen LogP contribution in [0.2, 0.25) is 10.0 Å². The topological polar surface area (TPSA) is 24.9 Å². The maximum Gasteiger partial charge on any atom is 0.146 e. The van der Waals surface area contributed by atoms with Crippen molar-refractivity contribution in [2.45, 2.75) is 6.54 Å². The van der Waals surface area contributed by atoms with Gasteiger partial charge in [-0.1, -0.05) is 35.3 Å². The number of aromatic nitrogens is 1. The quantitative estimate of drug-likeness (QED) is 0.907. The summed E-state index contributed by atoms with van der Waals surface area (Å²) in [6.07, 6.45) is 1.53. The van der Waals surface area contributed by atoms with E-state index in [-0.39, 0.29) is 5.02 Å². The Morgan fingerprint density at radius 1 is 1.18 bits per heavy atom. The Labute approximate surface area is 108 Å². The van der Waals surface area contributed by atoms with Gasteiger partial charge < -0.3 is 5.32 Å². The van der Waals surface area contributed by atoms with Crippen molar-refractivity contribution in [3.05, 3.63) is 58.0 Å². The Morgan fingerprint density at radius 3 is 2.71 bits per heavy atom. The minimum atomic E-state index is -0.407. The third-order valence-corrected chi connectivity index (χ3v) is 2.73. The van der Waals surface area contributed by atoms with Crippen molar-refractivity contribution in [1.29, 1.82) is 0 Å². The highest BCUT2D eigenvalue weighted by atomic mass is 35.5. The van der Waals surface area contributed by atoms with Gasteiger partial charge in [0.2, 0.25) is 0 Å². The summed E-state index contributed by atoms with van der Waals surface area (Å²) in [6, 6.07) is 8.33. The molecule has 5 heteroatoms. The molecule has 0 fully saturated rings. The van der Waals surface area contributed by atoms with Crippen LogP contribution in [0, 0.1) is 5.82 Å². The van der Waals surface area contributed by atoms with Crippen LogP contribution in [0.15, 0.2) is 36.5 Å². The SMILES string of the molecule is Fc1c(Cl)cccc1CNc1ccc(Cl)cn1. The van der Waals surface area contributed by atoms with E-state index < -0.39 is 5.82 Å². The zero-order chi connectivity index (χ0) is 12.3. The van der Waals surface area contributed by atoms with E-state index in [1.165, 1.54) is 12.3 Å². The largest absolute Gasteiger partial charge is 0.366 e. The van der Waals surface area contributed by atoms with E-state index in [4.69, 9.17) is 23.2 Å². The maximum atomic E-state index is 13.6. The number of benzene rings is 1. The summed E-state index contributed by atoms with van der Waals surface area (Å²) in [4.78, 5) is 4.05. The van der Waals surface area contributed by atoms with Crippen LogP contribution >= 0.6 is 23.2 Å². The van der Waals surface area contributed by atoms with Crippen LogP contribution in [0.25, 0.3) is 0 Å². The van der Waals surface area contributed by atoms with Gasteiger partial charge in [-0.15, -0.1) is 0 Å². The second-order valence-corrected chi connectivity index (χ2v) is 4.27. The predicted octanol–water partition coefficient (Wildman–Crippen LogP) is 4.14. The summed E-state index contributed by atoms with van der Waals surface area (Å²) in [5.41, 5.74) is 0.495. The number of halogens is 3. The molecule has 0 atom stereocenters. The molecule has 0 aliphatic carbocycles. The van der Waals surface area contributed by atoms with Gasteiger partial charge in [-0.25, -0.2) is 9.37 Å². The molecule has 0 aliphatic rings. The third-order valence-electron chi connectivity index (χ3n) is 2.22. The number of nitrogens with zero attached hydrogens (tertiary/aromatic N) is 1. The zero-order valence-corrected chi connectivity index (χ0v) is 10.3. The molecule has 88 valence electrons. The number of nitrogens with one attached hydrogen (secondary N) is 1. The molecule has 0 saturated heterocycles. The molecule has 1 N–H and O–H groups in total. The van der Waals surface area contributed by atoms with Crippen molar-refractivity contribution in [2.24, 2.45) is 0 Å². The van der Waals surface area contributed by atoms with Crippen LogP contribution in [0.5, 0.6) is 0 Å². The second kappa shape index (κ2) is 5.34. The van der Waals surface area contributed by atoms with Crippen molar-refractivity contribution < 1.29 is 4.39 Å². The Bertz CT molecular complexity index is 514. The number of hydrogen-bond acceptors (Lipinski definition) is 2. The summed E-state index contributed by atoms with van der Waals surface area (Å²) >= 11 is 11.4. The Balaban J connectivity index is 2.07. The van der Waals surface area contributed by atoms with E-state index >= 15 is 0 Å². The van der Waals surface area contributed by atoms with Crippen molar-refractivity contribution in [3.63, 3.8) is 0 Å². The van der Waals surface area contributed by atoms with Gasteiger partial charge in [0.1, 0.15) is 11.6 Å². The van der Waals surface area contributed by atoms with E-state index in [0.717, 1.165) is 0 Å². The lowest BCUT2D eigenvalue weighted by Crippen LogP contribution is -2.03. The average molecular weight is 271 g/mol. The molecule has 2 nitrogen and oxygen atoms in total. The Morgan fingerprint density at radius 2 is 2.00 bits per heavy atom. The second-order valence-electron chi connectivity index (χ2n) is 3.43. The van der Waals surface area contributed by atoms with Gasteiger partial charge in [-0.2, -0.15) is 0 Å². The van der Waals surface area contributed by atoms with Crippen molar-refractivity contribution >= 4 is 29.0 Å². The van der Waals surface area contributed by atoms with Crippen LogP contribution in [-0.2, 0) is 6.54 Å². The number of rotatable bonds is 3. The van der Waals surface area contributed by atoms with Crippen LogP contribution in [0.3, 0.4) is 0 Å². The van der Waals surface area contributed by atoms with E-state index in [9.17, 15) is 4.39 Å². The average Bonchev–Trinajstić information content (AvgIpc) is 2.33. The normalized spacial score (nSPS) is 10.3. The molecule has 0 radical (unpaired) electrons. The maximum absolute atomic E-state index is 13.6. The summed E-state index contributed by atoms with van der Waals surface area (Å²) < 4.78 is 13.6. The fourth-order valence-electron chi connectivity index (χ4n) is 1.35. The lowest BCUT2D eigenvalue weighted by atomic mass is 10.2. The minimum absolute atomic E-state index is 0.119. The molecule has 1 heterocycles. The molecule has 17 heavy (non-hydrogen) atoms. The lowest BCUT2D eigenvalue weighted by Gasteiger charge is -2.07. The molecule has 2 rings (SSSR count). The van der Waals surface area contributed by atoms with Gasteiger partial charge in [0, 0.05) is 18.3 Å². The summed E-state index contributed by atoms with van der Waals surface area (Å²) in [7, 11) is 0. The smallest absolute Gasteiger partial charge is 0.146 e. The summed E-state index contributed by atoms with van der Waals surface area (Å²) in [5, 5.41) is 3.67. The molecule has 0 aliphatic heterocycles. The van der Waals surface area contributed by atoms with Crippen molar-refractivity contribution in [1.82, 2.24) is 4.98 Å². The van der Waals surface area contributed by atoms with Crippen LogP contribution < -0.4 is 5.32 Å². The van der Waals surface area contributed by atoms with Crippen LogP contribution in [-0.4, -0.2) is 4.98 Å². The van der Waals surface area contributed by atoms with Gasteiger partial charge in [0.15, 0.2) is 0 Å². The minimum Gasteiger partial charge on any atom is -0.366 e. The third kappa shape index (κ3) is 3.08.